The lowest BCUT2D eigenvalue weighted by atomic mass is 10.2. The number of aromatic nitrogens is 2. The van der Waals surface area contributed by atoms with Gasteiger partial charge in [-0.05, 0) is 39.3 Å². The normalized spacial score (nSPS) is 10.4. The summed E-state index contributed by atoms with van der Waals surface area (Å²) in [5.74, 6) is -2.29. The van der Waals surface area contributed by atoms with Gasteiger partial charge in [0, 0.05) is 5.56 Å². The topological polar surface area (TPSA) is 76.2 Å². The van der Waals surface area contributed by atoms with Crippen LogP contribution in [0.2, 0.25) is 0 Å². The number of carboxylic acids is 1. The Morgan fingerprint density at radius 1 is 1.50 bits per heavy atom. The number of rotatable bonds is 2. The molecule has 82 valence electrons. The number of carboxylic acid groups (broad SMARTS) is 1. The van der Waals surface area contributed by atoms with Gasteiger partial charge in [0.1, 0.15) is 5.82 Å². The number of hydrogen-bond donors (Lipinski definition) is 1. The summed E-state index contributed by atoms with van der Waals surface area (Å²) in [7, 11) is 0. The summed E-state index contributed by atoms with van der Waals surface area (Å²) in [6.45, 7) is 0. The van der Waals surface area contributed by atoms with Crippen molar-refractivity contribution in [3.05, 3.63) is 34.3 Å². The molecule has 0 spiro atoms. The number of carbonyl (C=O) groups is 1. The van der Waals surface area contributed by atoms with E-state index in [0.29, 0.717) is 10.0 Å². The molecule has 0 radical (unpaired) electrons. The van der Waals surface area contributed by atoms with Gasteiger partial charge in [0.05, 0.1) is 4.47 Å². The van der Waals surface area contributed by atoms with Crippen molar-refractivity contribution in [3.8, 4) is 11.5 Å². The van der Waals surface area contributed by atoms with Crippen LogP contribution in [0.3, 0.4) is 0 Å². The Morgan fingerprint density at radius 2 is 2.25 bits per heavy atom. The highest BCUT2D eigenvalue weighted by Crippen LogP contribution is 2.23. The van der Waals surface area contributed by atoms with Gasteiger partial charge in [-0.25, -0.2) is 9.18 Å². The van der Waals surface area contributed by atoms with Crippen LogP contribution in [0.25, 0.3) is 11.5 Å². The van der Waals surface area contributed by atoms with E-state index in [1.165, 1.54) is 18.2 Å². The molecule has 7 heteroatoms. The van der Waals surface area contributed by atoms with Crippen LogP contribution in [0.4, 0.5) is 4.39 Å². The molecule has 0 atom stereocenters. The van der Waals surface area contributed by atoms with Gasteiger partial charge in [-0.3, -0.25) is 0 Å². The molecule has 5 nitrogen and oxygen atoms in total. The second-order valence-electron chi connectivity index (χ2n) is 2.86. The zero-order valence-electron chi connectivity index (χ0n) is 7.65. The van der Waals surface area contributed by atoms with Gasteiger partial charge in [-0.1, -0.05) is 0 Å². The zero-order chi connectivity index (χ0) is 11.7. The van der Waals surface area contributed by atoms with E-state index in [0.717, 1.165) is 0 Å². The highest BCUT2D eigenvalue weighted by atomic mass is 79.9. The number of benzene rings is 1. The predicted octanol–water partition coefficient (Wildman–Crippen LogP) is 2.34. The molecule has 1 heterocycles. The molecular formula is C9H4BrFN2O3. The van der Waals surface area contributed by atoms with E-state index in [1.807, 2.05) is 0 Å². The third-order valence-corrected chi connectivity index (χ3v) is 2.43. The largest absolute Gasteiger partial charge is 0.475 e. The molecular weight excluding hydrogens is 283 g/mol. The van der Waals surface area contributed by atoms with E-state index >= 15 is 0 Å². The first-order chi connectivity index (χ1) is 7.58. The fourth-order valence-electron chi connectivity index (χ4n) is 1.06. The van der Waals surface area contributed by atoms with Crippen molar-refractivity contribution in [3.63, 3.8) is 0 Å². The quantitative estimate of drug-likeness (QED) is 0.917. The highest BCUT2D eigenvalue weighted by molar-refractivity contribution is 9.10. The third-order valence-electron chi connectivity index (χ3n) is 1.78. The smallest absolute Gasteiger partial charge is 0.377 e. The molecule has 0 amide bonds. The minimum Gasteiger partial charge on any atom is -0.475 e. The standard InChI is InChI=1S/C9H4BrFN2O3/c10-5-2-1-4(3-6(5)11)8-12-7(9(14)15)13-16-8/h1-3H,(H,14,15). The fourth-order valence-corrected chi connectivity index (χ4v) is 1.30. The molecule has 0 aliphatic carbocycles. The number of aromatic carboxylic acids is 1. The molecule has 0 aliphatic rings. The summed E-state index contributed by atoms with van der Waals surface area (Å²) >= 11 is 2.99. The fraction of sp³-hybridized carbons (Fsp3) is 0. The van der Waals surface area contributed by atoms with Crippen LogP contribution in [0.5, 0.6) is 0 Å². The highest BCUT2D eigenvalue weighted by Gasteiger charge is 2.15. The SMILES string of the molecule is O=C(O)c1noc(-c2ccc(Br)c(F)c2)n1. The maximum atomic E-state index is 13.2. The van der Waals surface area contributed by atoms with E-state index in [2.05, 4.69) is 30.6 Å². The van der Waals surface area contributed by atoms with E-state index in [4.69, 9.17) is 5.11 Å². The molecule has 0 saturated heterocycles. The van der Waals surface area contributed by atoms with E-state index in [-0.39, 0.29) is 5.89 Å². The van der Waals surface area contributed by atoms with Crippen molar-refractivity contribution in [2.24, 2.45) is 0 Å². The van der Waals surface area contributed by atoms with Crippen LogP contribution in [-0.4, -0.2) is 21.2 Å². The number of hydrogen-bond acceptors (Lipinski definition) is 4. The Labute approximate surface area is 97.0 Å². The zero-order valence-corrected chi connectivity index (χ0v) is 9.23. The van der Waals surface area contributed by atoms with Gasteiger partial charge in [0.15, 0.2) is 0 Å². The Kier molecular flexibility index (Phi) is 2.69. The lowest BCUT2D eigenvalue weighted by Crippen LogP contribution is -1.98. The molecule has 0 unspecified atom stereocenters. The molecule has 0 bridgehead atoms. The molecule has 2 rings (SSSR count). The molecule has 1 aromatic heterocycles. The van der Waals surface area contributed by atoms with E-state index in [1.54, 1.807) is 0 Å². The third kappa shape index (κ3) is 1.94. The van der Waals surface area contributed by atoms with E-state index in [9.17, 15) is 9.18 Å². The molecule has 1 N–H and O–H groups in total. The van der Waals surface area contributed by atoms with Crippen LogP contribution in [-0.2, 0) is 0 Å². The number of nitrogens with zero attached hydrogens (tertiary/aromatic N) is 2. The molecule has 2 aromatic rings. The van der Waals surface area contributed by atoms with Crippen molar-refractivity contribution in [1.29, 1.82) is 0 Å². The van der Waals surface area contributed by atoms with Gasteiger partial charge in [0.25, 0.3) is 11.7 Å². The summed E-state index contributed by atoms with van der Waals surface area (Å²) in [5.41, 5.74) is 0.320. The average Bonchev–Trinajstić information content (AvgIpc) is 2.71. The van der Waals surface area contributed by atoms with Gasteiger partial charge < -0.3 is 9.63 Å². The maximum Gasteiger partial charge on any atom is 0.377 e. The summed E-state index contributed by atoms with van der Waals surface area (Å²) in [6, 6.07) is 4.17. The maximum absolute atomic E-state index is 13.2. The van der Waals surface area contributed by atoms with Crippen LogP contribution < -0.4 is 0 Å². The van der Waals surface area contributed by atoms with E-state index < -0.39 is 17.6 Å². The molecule has 1 aromatic carbocycles. The van der Waals surface area contributed by atoms with Crippen LogP contribution in [0.1, 0.15) is 10.6 Å². The van der Waals surface area contributed by atoms with Gasteiger partial charge in [-0.2, -0.15) is 4.98 Å². The van der Waals surface area contributed by atoms with Crippen molar-refractivity contribution >= 4 is 21.9 Å². The molecule has 0 saturated carbocycles. The summed E-state index contributed by atoms with van der Waals surface area (Å²) in [5, 5.41) is 11.8. The Balaban J connectivity index is 2.42. The second kappa shape index (κ2) is 4.01. The van der Waals surface area contributed by atoms with Crippen LogP contribution >= 0.6 is 15.9 Å². The number of halogens is 2. The first-order valence-electron chi connectivity index (χ1n) is 4.10. The Bertz CT molecular complexity index is 555. The Hall–Kier alpha value is -1.76. The Morgan fingerprint density at radius 3 is 2.81 bits per heavy atom. The summed E-state index contributed by atoms with van der Waals surface area (Å²) < 4.78 is 18.2. The monoisotopic (exact) mass is 286 g/mol. The first kappa shape index (κ1) is 10.7. The van der Waals surface area contributed by atoms with Gasteiger partial charge in [-0.15, -0.1) is 0 Å². The van der Waals surface area contributed by atoms with Crippen LogP contribution in [0, 0.1) is 5.82 Å². The molecule has 16 heavy (non-hydrogen) atoms. The predicted molar refractivity (Wildman–Crippen MR) is 54.4 cm³/mol. The second-order valence-corrected chi connectivity index (χ2v) is 3.71. The lowest BCUT2D eigenvalue weighted by molar-refractivity contribution is 0.0680. The van der Waals surface area contributed by atoms with Crippen molar-refractivity contribution < 1.29 is 18.8 Å². The average molecular weight is 287 g/mol. The lowest BCUT2D eigenvalue weighted by Gasteiger charge is -1.96. The first-order valence-corrected chi connectivity index (χ1v) is 4.89. The van der Waals surface area contributed by atoms with Crippen LogP contribution in [0.15, 0.2) is 27.2 Å². The van der Waals surface area contributed by atoms with Gasteiger partial charge in [0.2, 0.25) is 0 Å². The summed E-state index contributed by atoms with van der Waals surface area (Å²) in [4.78, 5) is 14.1. The molecule has 0 fully saturated rings. The van der Waals surface area contributed by atoms with Crippen molar-refractivity contribution in [2.75, 3.05) is 0 Å². The molecule has 0 aliphatic heterocycles. The van der Waals surface area contributed by atoms with Crippen molar-refractivity contribution in [2.45, 2.75) is 0 Å². The summed E-state index contributed by atoms with van der Waals surface area (Å²) in [6.07, 6.45) is 0. The minimum absolute atomic E-state index is 0.0381. The van der Waals surface area contributed by atoms with Crippen molar-refractivity contribution in [1.82, 2.24) is 10.1 Å². The van der Waals surface area contributed by atoms with Gasteiger partial charge >= 0.3 is 5.97 Å². The minimum atomic E-state index is -1.30.